The van der Waals surface area contributed by atoms with E-state index in [-0.39, 0.29) is 61.1 Å². The fraction of sp³-hybridized carbons (Fsp3) is 0.130. The Labute approximate surface area is 214 Å². The second kappa shape index (κ2) is 12.4. The predicted octanol–water partition coefficient (Wildman–Crippen LogP) is 1.33. The van der Waals surface area contributed by atoms with Crippen molar-refractivity contribution in [1.82, 2.24) is 0 Å². The van der Waals surface area contributed by atoms with Crippen molar-refractivity contribution in [2.24, 2.45) is 0 Å². The number of carboxylic acids is 1. The number of anilines is 1. The number of aromatic carboxylic acids is 1. The number of amides is 1. The Morgan fingerprint density at radius 1 is 0.939 bits per heavy atom. The maximum absolute atomic E-state index is 12.5. The van der Waals surface area contributed by atoms with Crippen LogP contribution in [-0.2, 0) is 0 Å². The minimum atomic E-state index is -1.47. The molecule has 0 saturated heterocycles. The zero-order chi connectivity index (χ0) is 23.1. The molecule has 168 valence electrons. The van der Waals surface area contributed by atoms with Gasteiger partial charge in [0.15, 0.2) is 11.5 Å². The molecule has 3 aromatic carbocycles. The third kappa shape index (κ3) is 7.08. The van der Waals surface area contributed by atoms with E-state index in [4.69, 9.17) is 37.4 Å². The maximum atomic E-state index is 12.5. The van der Waals surface area contributed by atoms with Crippen LogP contribution in [0, 0.1) is 0 Å². The van der Waals surface area contributed by atoms with E-state index in [0.29, 0.717) is 16.5 Å². The van der Waals surface area contributed by atoms with Crippen molar-refractivity contribution < 1.29 is 49.2 Å². The van der Waals surface area contributed by atoms with Gasteiger partial charge < -0.3 is 29.4 Å². The first kappa shape index (κ1) is 26.4. The largest absolute Gasteiger partial charge is 1.00 e. The second-order valence-corrected chi connectivity index (χ2v) is 7.26. The minimum absolute atomic E-state index is 0. The van der Waals surface area contributed by atoms with Crippen molar-refractivity contribution in [2.75, 3.05) is 25.6 Å². The number of nitrogens with one attached hydrogen (secondary N) is 1. The molecule has 10 heteroatoms. The molecule has 0 heterocycles. The first-order valence-corrected chi connectivity index (χ1v) is 10.1. The fourth-order valence-electron chi connectivity index (χ4n) is 2.80. The number of carbonyl (C=O) groups is 2. The van der Waals surface area contributed by atoms with Gasteiger partial charge >= 0.3 is 18.9 Å². The molecule has 0 aliphatic heterocycles. The van der Waals surface area contributed by atoms with Crippen LogP contribution < -0.4 is 43.5 Å². The van der Waals surface area contributed by atoms with Crippen LogP contribution in [0.15, 0.2) is 60.7 Å². The molecule has 3 aromatic rings. The third-order valence-electron chi connectivity index (χ3n) is 4.31. The molecule has 0 bridgehead atoms. The molecule has 1 N–H and O–H groups in total. The van der Waals surface area contributed by atoms with Crippen LogP contribution >= 0.6 is 23.2 Å². The van der Waals surface area contributed by atoms with Crippen LogP contribution in [0.2, 0.25) is 10.0 Å². The van der Waals surface area contributed by atoms with E-state index in [1.807, 2.05) is 12.1 Å². The standard InChI is InChI=1S/C23H19Cl2NO6.Li.H2/c1-30-20-4-2-3-5-21(20)32-11-10-31-15-7-9-19(17(13-15)23(28)29)26-22(27)16-8-6-14(24)12-18(16)25;;/h2-9,12-13H,10-11H2,1H3,(H,26,27)(H,28,29);;1H/q;+1;/p-1. The van der Waals surface area contributed by atoms with Crippen LogP contribution in [0.25, 0.3) is 0 Å². The van der Waals surface area contributed by atoms with Crippen LogP contribution in [0.1, 0.15) is 22.1 Å². The summed E-state index contributed by atoms with van der Waals surface area (Å²) in [6.45, 7) is 0.352. The molecule has 0 aliphatic rings. The van der Waals surface area contributed by atoms with Gasteiger partial charge in [-0.1, -0.05) is 35.3 Å². The number of methoxy groups -OCH3 is 1. The molecule has 0 unspecified atom stereocenters. The summed E-state index contributed by atoms with van der Waals surface area (Å²) in [4.78, 5) is 24.1. The Morgan fingerprint density at radius 2 is 1.64 bits per heavy atom. The normalized spacial score (nSPS) is 10.0. The molecule has 0 aromatic heterocycles. The van der Waals surface area contributed by atoms with E-state index < -0.39 is 11.9 Å². The number of carboxylic acid groups (broad SMARTS) is 1. The van der Waals surface area contributed by atoms with Crippen molar-refractivity contribution in [1.29, 1.82) is 0 Å². The van der Waals surface area contributed by atoms with E-state index in [1.54, 1.807) is 19.2 Å². The van der Waals surface area contributed by atoms with Gasteiger partial charge in [0.25, 0.3) is 5.91 Å². The summed E-state index contributed by atoms with van der Waals surface area (Å²) in [6.07, 6.45) is 0. The molecule has 0 radical (unpaired) electrons. The SMILES string of the molecule is COc1ccccc1OCCOc1ccc(NC(=O)c2ccc(Cl)cc2Cl)c(C(=O)[O-])c1.[HH].[Li+]. The summed E-state index contributed by atoms with van der Waals surface area (Å²) in [5, 5.41) is 14.6. The molecule has 0 fully saturated rings. The molecule has 0 saturated carbocycles. The van der Waals surface area contributed by atoms with Crippen molar-refractivity contribution in [3.8, 4) is 17.2 Å². The van der Waals surface area contributed by atoms with Gasteiger partial charge in [0.05, 0.1) is 29.4 Å². The first-order chi connectivity index (χ1) is 15.4. The van der Waals surface area contributed by atoms with Gasteiger partial charge in [0.2, 0.25) is 0 Å². The molecule has 1 amide bonds. The third-order valence-corrected chi connectivity index (χ3v) is 4.86. The van der Waals surface area contributed by atoms with Gasteiger partial charge in [-0.25, -0.2) is 0 Å². The maximum Gasteiger partial charge on any atom is 1.00 e. The number of benzene rings is 3. The first-order valence-electron chi connectivity index (χ1n) is 9.39. The average Bonchev–Trinajstić information content (AvgIpc) is 2.77. The zero-order valence-electron chi connectivity index (χ0n) is 17.9. The number of para-hydroxylation sites is 2. The molecule has 3 rings (SSSR count). The Kier molecular flexibility index (Phi) is 9.95. The van der Waals surface area contributed by atoms with Crippen LogP contribution in [-0.4, -0.2) is 32.2 Å². The smallest absolute Gasteiger partial charge is 0.545 e. The average molecular weight is 484 g/mol. The molecular formula is C23H20Cl2LiNO6. The van der Waals surface area contributed by atoms with Crippen LogP contribution in [0.4, 0.5) is 5.69 Å². The van der Waals surface area contributed by atoms with E-state index in [2.05, 4.69) is 5.32 Å². The predicted molar refractivity (Wildman–Crippen MR) is 121 cm³/mol. The van der Waals surface area contributed by atoms with Gasteiger partial charge in [-0.2, -0.15) is 0 Å². The number of hydrogen-bond donors (Lipinski definition) is 1. The zero-order valence-corrected chi connectivity index (χ0v) is 19.4. The Bertz CT molecular complexity index is 1150. The van der Waals surface area contributed by atoms with Crippen molar-refractivity contribution in [2.45, 2.75) is 0 Å². The molecule has 7 nitrogen and oxygen atoms in total. The Hall–Kier alpha value is -2.82. The molecule has 0 atom stereocenters. The van der Waals surface area contributed by atoms with Crippen molar-refractivity contribution >= 4 is 40.8 Å². The number of ether oxygens (including phenoxy) is 3. The number of rotatable bonds is 9. The minimum Gasteiger partial charge on any atom is -0.545 e. The van der Waals surface area contributed by atoms with Crippen LogP contribution in [0.3, 0.4) is 0 Å². The van der Waals surface area contributed by atoms with Gasteiger partial charge in [0.1, 0.15) is 19.0 Å². The topological polar surface area (TPSA) is 96.9 Å². The summed E-state index contributed by atoms with van der Waals surface area (Å²) in [7, 11) is 1.54. The van der Waals surface area contributed by atoms with Gasteiger partial charge in [0, 0.05) is 12.0 Å². The fourth-order valence-corrected chi connectivity index (χ4v) is 3.30. The summed E-state index contributed by atoms with van der Waals surface area (Å²) in [6, 6.07) is 15.7. The monoisotopic (exact) mass is 483 g/mol. The molecular weight excluding hydrogens is 464 g/mol. The Morgan fingerprint density at radius 3 is 2.30 bits per heavy atom. The number of carbonyl (C=O) groups excluding carboxylic acids is 2. The quantitative estimate of drug-likeness (QED) is 0.364. The summed E-state index contributed by atoms with van der Waals surface area (Å²) in [5.41, 5.74) is -0.0561. The van der Waals surface area contributed by atoms with E-state index in [1.165, 1.54) is 36.4 Å². The van der Waals surface area contributed by atoms with E-state index >= 15 is 0 Å². The molecule has 0 aliphatic carbocycles. The summed E-state index contributed by atoms with van der Waals surface area (Å²) in [5.74, 6) is -0.637. The van der Waals surface area contributed by atoms with Gasteiger partial charge in [-0.3, -0.25) is 4.79 Å². The Balaban J connectivity index is 0.00000289. The van der Waals surface area contributed by atoms with E-state index in [0.717, 1.165) is 0 Å². The van der Waals surface area contributed by atoms with E-state index in [9.17, 15) is 14.7 Å². The van der Waals surface area contributed by atoms with Crippen molar-refractivity contribution in [3.05, 3.63) is 81.8 Å². The number of hydrogen-bond acceptors (Lipinski definition) is 6. The number of halogens is 2. The van der Waals surface area contributed by atoms with Gasteiger partial charge in [-0.05, 0) is 48.5 Å². The second-order valence-electron chi connectivity index (χ2n) is 6.42. The summed E-state index contributed by atoms with van der Waals surface area (Å²) < 4.78 is 16.4. The molecule has 0 spiro atoms. The van der Waals surface area contributed by atoms with Gasteiger partial charge in [-0.15, -0.1) is 0 Å². The molecule has 33 heavy (non-hydrogen) atoms. The van der Waals surface area contributed by atoms with Crippen LogP contribution in [0.5, 0.6) is 17.2 Å². The summed E-state index contributed by atoms with van der Waals surface area (Å²) >= 11 is 11.9. The van der Waals surface area contributed by atoms with Crippen molar-refractivity contribution in [3.63, 3.8) is 0 Å².